The Morgan fingerprint density at radius 3 is 2.72 bits per heavy atom. The van der Waals surface area contributed by atoms with Gasteiger partial charge < -0.3 is 4.74 Å². The zero-order valence-electron chi connectivity index (χ0n) is 9.14. The maximum Gasteiger partial charge on any atom is 0.435 e. The average molecular weight is 256 g/mol. The zero-order chi connectivity index (χ0) is 13.3. The summed E-state index contributed by atoms with van der Waals surface area (Å²) in [5.41, 5.74) is 0.585. The van der Waals surface area contributed by atoms with Crippen molar-refractivity contribution in [2.75, 3.05) is 7.11 Å². The first-order valence-electron chi connectivity index (χ1n) is 4.82. The van der Waals surface area contributed by atoms with Gasteiger partial charge in [0, 0.05) is 7.11 Å². The van der Waals surface area contributed by atoms with E-state index < -0.39 is 12.4 Å². The normalized spacial score (nSPS) is 13.5. The van der Waals surface area contributed by atoms with E-state index in [1.54, 1.807) is 0 Å². The molecule has 94 valence electrons. The number of aromatic nitrogens is 3. The molecule has 0 aliphatic heterocycles. The second kappa shape index (κ2) is 4.27. The first-order valence-corrected chi connectivity index (χ1v) is 4.82. The van der Waals surface area contributed by atoms with Crippen LogP contribution in [0.4, 0.5) is 13.2 Å². The van der Waals surface area contributed by atoms with Gasteiger partial charge in [0.25, 0.3) is 0 Å². The topological polar surface area (TPSA) is 63.7 Å². The standard InChI is InChI=1S/C10H7F3N4O/c1-18-9(10(11,12)13)17-8-4-6(5-14)2-3-7(8)15-16-17/h2-4,9H,1H3. The van der Waals surface area contributed by atoms with Crippen molar-refractivity contribution in [3.63, 3.8) is 0 Å². The van der Waals surface area contributed by atoms with Gasteiger partial charge in [0.1, 0.15) is 5.52 Å². The number of ether oxygens (including phenoxy) is 1. The quantitative estimate of drug-likeness (QED) is 0.824. The number of nitriles is 1. The molecule has 0 aliphatic rings. The Labute approximate surface area is 99.4 Å². The number of benzene rings is 1. The van der Waals surface area contributed by atoms with Crippen LogP contribution in [0.2, 0.25) is 0 Å². The molecule has 1 heterocycles. The Bertz CT molecular complexity index is 614. The van der Waals surface area contributed by atoms with E-state index in [1.807, 2.05) is 6.07 Å². The lowest BCUT2D eigenvalue weighted by molar-refractivity contribution is -0.243. The molecule has 0 saturated carbocycles. The zero-order valence-corrected chi connectivity index (χ0v) is 9.14. The summed E-state index contributed by atoms with van der Waals surface area (Å²) in [4.78, 5) is 0. The second-order valence-corrected chi connectivity index (χ2v) is 3.48. The fourth-order valence-corrected chi connectivity index (χ4v) is 1.55. The van der Waals surface area contributed by atoms with Crippen molar-refractivity contribution in [1.82, 2.24) is 15.0 Å². The highest BCUT2D eigenvalue weighted by molar-refractivity contribution is 5.76. The molecule has 0 aliphatic carbocycles. The van der Waals surface area contributed by atoms with Crippen LogP contribution in [0, 0.1) is 11.3 Å². The average Bonchev–Trinajstić information content (AvgIpc) is 2.71. The molecule has 0 amide bonds. The lowest BCUT2D eigenvalue weighted by Crippen LogP contribution is -2.29. The summed E-state index contributed by atoms with van der Waals surface area (Å²) in [6.45, 7) is 0. The summed E-state index contributed by atoms with van der Waals surface area (Å²) in [6.07, 6.45) is -6.84. The molecule has 18 heavy (non-hydrogen) atoms. The number of hydrogen-bond donors (Lipinski definition) is 0. The van der Waals surface area contributed by atoms with Gasteiger partial charge in [-0.1, -0.05) is 5.21 Å². The highest BCUT2D eigenvalue weighted by Gasteiger charge is 2.43. The molecule has 0 N–H and O–H groups in total. The van der Waals surface area contributed by atoms with Crippen LogP contribution in [0.25, 0.3) is 11.0 Å². The number of methoxy groups -OCH3 is 1. The van der Waals surface area contributed by atoms with Gasteiger partial charge in [0.15, 0.2) is 0 Å². The van der Waals surface area contributed by atoms with Crippen LogP contribution in [0.1, 0.15) is 11.8 Å². The van der Waals surface area contributed by atoms with E-state index >= 15 is 0 Å². The van der Waals surface area contributed by atoms with E-state index in [2.05, 4.69) is 15.0 Å². The fraction of sp³-hybridized carbons (Fsp3) is 0.300. The SMILES string of the molecule is COC(n1nnc2ccc(C#N)cc21)C(F)(F)F. The van der Waals surface area contributed by atoms with Crippen molar-refractivity contribution >= 4 is 11.0 Å². The molecule has 2 rings (SSSR count). The molecule has 0 bridgehead atoms. The minimum absolute atomic E-state index is 0.0956. The fourth-order valence-electron chi connectivity index (χ4n) is 1.55. The van der Waals surface area contributed by atoms with Crippen LogP contribution < -0.4 is 0 Å². The Balaban J connectivity index is 2.61. The largest absolute Gasteiger partial charge is 0.435 e. The molecule has 0 saturated heterocycles. The molecule has 2 aromatic rings. The van der Waals surface area contributed by atoms with E-state index in [-0.39, 0.29) is 16.6 Å². The predicted molar refractivity (Wildman–Crippen MR) is 54.3 cm³/mol. The molecule has 0 fully saturated rings. The van der Waals surface area contributed by atoms with Gasteiger partial charge in [-0.05, 0) is 18.2 Å². The van der Waals surface area contributed by atoms with Crippen molar-refractivity contribution in [2.45, 2.75) is 12.4 Å². The van der Waals surface area contributed by atoms with Crippen LogP contribution in [-0.2, 0) is 4.74 Å². The lowest BCUT2D eigenvalue weighted by atomic mass is 10.2. The van der Waals surface area contributed by atoms with Crippen molar-refractivity contribution in [3.05, 3.63) is 23.8 Å². The number of rotatable bonds is 2. The van der Waals surface area contributed by atoms with Gasteiger partial charge in [0.2, 0.25) is 6.23 Å². The van der Waals surface area contributed by atoms with Crippen molar-refractivity contribution in [1.29, 1.82) is 5.26 Å². The molecule has 1 unspecified atom stereocenters. The summed E-state index contributed by atoms with van der Waals surface area (Å²) in [6, 6.07) is 6.01. The third-order valence-corrected chi connectivity index (χ3v) is 2.33. The van der Waals surface area contributed by atoms with E-state index in [4.69, 9.17) is 5.26 Å². The van der Waals surface area contributed by atoms with Gasteiger partial charge in [0.05, 0.1) is 17.1 Å². The van der Waals surface area contributed by atoms with Crippen molar-refractivity contribution < 1.29 is 17.9 Å². The Kier molecular flexibility index (Phi) is 2.92. The Morgan fingerprint density at radius 2 is 2.17 bits per heavy atom. The van der Waals surface area contributed by atoms with Gasteiger partial charge in [-0.15, -0.1) is 5.10 Å². The highest BCUT2D eigenvalue weighted by atomic mass is 19.4. The summed E-state index contributed by atoms with van der Waals surface area (Å²) >= 11 is 0. The first-order chi connectivity index (χ1) is 8.47. The van der Waals surface area contributed by atoms with Crippen LogP contribution in [0.15, 0.2) is 18.2 Å². The van der Waals surface area contributed by atoms with Crippen LogP contribution >= 0.6 is 0 Å². The number of alkyl halides is 3. The number of halogens is 3. The molecule has 0 spiro atoms. The number of fused-ring (bicyclic) bond motifs is 1. The highest BCUT2D eigenvalue weighted by Crippen LogP contribution is 2.32. The van der Waals surface area contributed by atoms with Crippen molar-refractivity contribution in [2.24, 2.45) is 0 Å². The van der Waals surface area contributed by atoms with E-state index in [0.29, 0.717) is 4.68 Å². The lowest BCUT2D eigenvalue weighted by Gasteiger charge is -2.18. The van der Waals surface area contributed by atoms with Gasteiger partial charge in [-0.25, -0.2) is 4.68 Å². The van der Waals surface area contributed by atoms with E-state index in [1.165, 1.54) is 18.2 Å². The van der Waals surface area contributed by atoms with E-state index in [0.717, 1.165) is 7.11 Å². The molecular weight excluding hydrogens is 249 g/mol. The maximum atomic E-state index is 12.7. The summed E-state index contributed by atoms with van der Waals surface area (Å²) in [5.74, 6) is 0. The van der Waals surface area contributed by atoms with Crippen LogP contribution in [0.5, 0.6) is 0 Å². The van der Waals surface area contributed by atoms with Crippen LogP contribution in [0.3, 0.4) is 0 Å². The molecule has 1 aromatic carbocycles. The van der Waals surface area contributed by atoms with Gasteiger partial charge in [-0.2, -0.15) is 18.4 Å². The molecular formula is C10H7F3N4O. The monoisotopic (exact) mass is 256 g/mol. The third-order valence-electron chi connectivity index (χ3n) is 2.33. The smallest absolute Gasteiger partial charge is 0.352 e. The van der Waals surface area contributed by atoms with Crippen LogP contribution in [-0.4, -0.2) is 28.3 Å². The predicted octanol–water partition coefficient (Wildman–Crippen LogP) is 2.01. The van der Waals surface area contributed by atoms with Gasteiger partial charge >= 0.3 is 6.18 Å². The number of nitrogens with zero attached hydrogens (tertiary/aromatic N) is 4. The third kappa shape index (κ3) is 2.00. The summed E-state index contributed by atoms with van der Waals surface area (Å²) in [7, 11) is 0.930. The molecule has 5 nitrogen and oxygen atoms in total. The maximum absolute atomic E-state index is 12.7. The molecule has 0 radical (unpaired) electrons. The number of hydrogen-bond acceptors (Lipinski definition) is 4. The van der Waals surface area contributed by atoms with Crippen molar-refractivity contribution in [3.8, 4) is 6.07 Å². The first kappa shape index (κ1) is 12.3. The molecule has 1 aromatic heterocycles. The summed E-state index contributed by atoms with van der Waals surface area (Å²) < 4.78 is 43.1. The molecule has 8 heteroatoms. The Hall–Kier alpha value is -2.14. The minimum Gasteiger partial charge on any atom is -0.352 e. The van der Waals surface area contributed by atoms with E-state index in [9.17, 15) is 13.2 Å². The second-order valence-electron chi connectivity index (χ2n) is 3.48. The minimum atomic E-state index is -4.61. The molecule has 1 atom stereocenters. The van der Waals surface area contributed by atoms with Gasteiger partial charge in [-0.3, -0.25) is 0 Å². The Morgan fingerprint density at radius 1 is 1.44 bits per heavy atom. The summed E-state index contributed by atoms with van der Waals surface area (Å²) in [5, 5.41) is 15.7.